The first-order valence-electron chi connectivity index (χ1n) is 9.66. The number of ether oxygens (including phenoxy) is 2. The fourth-order valence-electron chi connectivity index (χ4n) is 3.43. The first-order chi connectivity index (χ1) is 14.3. The van der Waals surface area contributed by atoms with Crippen LogP contribution >= 0.6 is 0 Å². The fraction of sp³-hybridized carbons (Fsp3) is 0.333. The summed E-state index contributed by atoms with van der Waals surface area (Å²) in [6, 6.07) is 10.5. The largest absolute Gasteiger partial charge is 0.489 e. The SMILES string of the molecule is Cc1ccc(NC(=O)c2nc(S(C)(=O)=O)n3ccccc23)c(OCC2CCCO2)c1. The van der Waals surface area contributed by atoms with Crippen molar-refractivity contribution in [1.29, 1.82) is 0 Å². The Bertz CT molecular complexity index is 1200. The molecule has 0 aliphatic carbocycles. The lowest BCUT2D eigenvalue weighted by atomic mass is 10.2. The summed E-state index contributed by atoms with van der Waals surface area (Å²) in [5.74, 6) is 0.0186. The Hall–Kier alpha value is -2.91. The maximum Gasteiger partial charge on any atom is 0.276 e. The average molecular weight is 429 g/mol. The van der Waals surface area contributed by atoms with Crippen LogP contribution in [0.15, 0.2) is 47.8 Å². The van der Waals surface area contributed by atoms with Gasteiger partial charge in [0.15, 0.2) is 5.69 Å². The third-order valence-electron chi connectivity index (χ3n) is 4.90. The highest BCUT2D eigenvalue weighted by Crippen LogP contribution is 2.28. The van der Waals surface area contributed by atoms with E-state index >= 15 is 0 Å². The van der Waals surface area contributed by atoms with Crippen LogP contribution in [-0.4, -0.2) is 49.3 Å². The Balaban J connectivity index is 1.63. The van der Waals surface area contributed by atoms with Gasteiger partial charge in [0.05, 0.1) is 17.3 Å². The van der Waals surface area contributed by atoms with E-state index in [-0.39, 0.29) is 17.0 Å². The highest BCUT2D eigenvalue weighted by atomic mass is 32.2. The van der Waals surface area contributed by atoms with Gasteiger partial charge in [-0.1, -0.05) is 12.1 Å². The molecule has 1 aliphatic heterocycles. The summed E-state index contributed by atoms with van der Waals surface area (Å²) in [5.41, 5.74) is 1.91. The summed E-state index contributed by atoms with van der Waals surface area (Å²) < 4.78 is 37.1. The molecule has 8 nitrogen and oxygen atoms in total. The number of aryl methyl sites for hydroxylation is 1. The van der Waals surface area contributed by atoms with E-state index in [1.165, 1.54) is 4.40 Å². The summed E-state index contributed by atoms with van der Waals surface area (Å²) in [6.07, 6.45) is 4.64. The second-order valence-corrected chi connectivity index (χ2v) is 9.28. The first-order valence-corrected chi connectivity index (χ1v) is 11.6. The van der Waals surface area contributed by atoms with E-state index in [0.717, 1.165) is 31.3 Å². The van der Waals surface area contributed by atoms with Gasteiger partial charge in [-0.15, -0.1) is 0 Å². The number of rotatable bonds is 6. The molecule has 0 saturated carbocycles. The molecule has 0 bridgehead atoms. The number of anilines is 1. The molecule has 2 aromatic heterocycles. The van der Waals surface area contributed by atoms with E-state index in [9.17, 15) is 13.2 Å². The van der Waals surface area contributed by atoms with Crippen molar-refractivity contribution in [2.24, 2.45) is 0 Å². The Morgan fingerprint density at radius 2 is 2.17 bits per heavy atom. The molecule has 1 amide bonds. The minimum atomic E-state index is -3.61. The summed E-state index contributed by atoms with van der Waals surface area (Å²) in [5, 5.41) is 2.63. The van der Waals surface area contributed by atoms with Gasteiger partial charge < -0.3 is 14.8 Å². The van der Waals surface area contributed by atoms with Gasteiger partial charge in [-0.05, 0) is 49.6 Å². The standard InChI is InChI=1S/C21H23N3O5S/c1-14-8-9-16(18(12-14)29-13-15-6-5-11-28-15)22-20(25)19-17-7-3-4-10-24(17)21(23-19)30(2,26)27/h3-4,7-10,12,15H,5-6,11,13H2,1-2H3,(H,22,25). The second kappa shape index (κ2) is 8.08. The fourth-order valence-corrected chi connectivity index (χ4v) is 4.20. The number of hydrogen-bond acceptors (Lipinski definition) is 6. The Morgan fingerprint density at radius 3 is 2.90 bits per heavy atom. The van der Waals surface area contributed by atoms with Crippen molar-refractivity contribution in [2.45, 2.75) is 31.0 Å². The lowest BCUT2D eigenvalue weighted by molar-refractivity contribution is 0.0681. The average Bonchev–Trinajstić information content (AvgIpc) is 3.35. The van der Waals surface area contributed by atoms with Crippen molar-refractivity contribution in [3.63, 3.8) is 0 Å². The van der Waals surface area contributed by atoms with Crippen molar-refractivity contribution in [1.82, 2.24) is 9.38 Å². The molecule has 1 aromatic carbocycles. The van der Waals surface area contributed by atoms with Gasteiger partial charge in [-0.3, -0.25) is 9.20 Å². The van der Waals surface area contributed by atoms with E-state index < -0.39 is 15.7 Å². The molecule has 3 heterocycles. The maximum atomic E-state index is 13.0. The first kappa shape index (κ1) is 20.4. The van der Waals surface area contributed by atoms with Gasteiger partial charge in [0, 0.05) is 19.1 Å². The third-order valence-corrected chi connectivity index (χ3v) is 5.85. The van der Waals surface area contributed by atoms with Crippen LogP contribution in [-0.2, 0) is 14.6 Å². The minimum Gasteiger partial charge on any atom is -0.489 e. The number of amides is 1. The number of fused-ring (bicyclic) bond motifs is 1. The Labute approximate surface area is 174 Å². The molecule has 4 rings (SSSR count). The van der Waals surface area contributed by atoms with Crippen molar-refractivity contribution >= 4 is 26.9 Å². The van der Waals surface area contributed by atoms with Gasteiger partial charge in [0.2, 0.25) is 15.0 Å². The number of nitrogens with one attached hydrogen (secondary N) is 1. The number of sulfone groups is 1. The highest BCUT2D eigenvalue weighted by Gasteiger charge is 2.24. The summed E-state index contributed by atoms with van der Waals surface area (Å²) >= 11 is 0. The molecule has 0 spiro atoms. The van der Waals surface area contributed by atoms with Crippen LogP contribution in [0, 0.1) is 6.92 Å². The number of benzene rings is 1. The zero-order chi connectivity index (χ0) is 21.3. The number of aromatic nitrogens is 2. The molecule has 1 aliphatic rings. The predicted octanol–water partition coefficient (Wildman–Crippen LogP) is 2.86. The Morgan fingerprint density at radius 1 is 1.33 bits per heavy atom. The number of carbonyl (C=O) groups is 1. The monoisotopic (exact) mass is 429 g/mol. The second-order valence-electron chi connectivity index (χ2n) is 7.37. The van der Waals surface area contributed by atoms with E-state index in [1.807, 2.05) is 19.1 Å². The molecular formula is C21H23N3O5S. The van der Waals surface area contributed by atoms with E-state index in [2.05, 4.69) is 10.3 Å². The predicted molar refractivity (Wildman–Crippen MR) is 112 cm³/mol. The van der Waals surface area contributed by atoms with Gasteiger partial charge in [0.1, 0.15) is 12.4 Å². The quantitative estimate of drug-likeness (QED) is 0.647. The molecule has 158 valence electrons. The summed E-state index contributed by atoms with van der Waals surface area (Å²) in [4.78, 5) is 17.1. The van der Waals surface area contributed by atoms with Crippen LogP contribution in [0.3, 0.4) is 0 Å². The third kappa shape index (κ3) is 4.17. The molecular weight excluding hydrogens is 406 g/mol. The topological polar surface area (TPSA) is 99.0 Å². The van der Waals surface area contributed by atoms with E-state index in [4.69, 9.17) is 9.47 Å². The summed E-state index contributed by atoms with van der Waals surface area (Å²) in [7, 11) is -3.61. The van der Waals surface area contributed by atoms with Crippen LogP contribution in [0.5, 0.6) is 5.75 Å². The van der Waals surface area contributed by atoms with Crippen LogP contribution < -0.4 is 10.1 Å². The van der Waals surface area contributed by atoms with Crippen LogP contribution in [0.4, 0.5) is 5.69 Å². The van der Waals surface area contributed by atoms with Gasteiger partial charge >= 0.3 is 0 Å². The minimum absolute atomic E-state index is 0.0293. The Kier molecular flexibility index (Phi) is 5.48. The van der Waals surface area contributed by atoms with E-state index in [0.29, 0.717) is 23.6 Å². The number of carbonyl (C=O) groups excluding carboxylic acids is 1. The molecule has 1 unspecified atom stereocenters. The van der Waals surface area contributed by atoms with Crippen molar-refractivity contribution in [2.75, 3.05) is 24.8 Å². The summed E-state index contributed by atoms with van der Waals surface area (Å²) in [6.45, 7) is 3.07. The smallest absolute Gasteiger partial charge is 0.276 e. The molecule has 0 radical (unpaired) electrons. The van der Waals surface area contributed by atoms with Crippen molar-refractivity contribution in [3.8, 4) is 5.75 Å². The van der Waals surface area contributed by atoms with Crippen LogP contribution in [0.25, 0.3) is 5.52 Å². The van der Waals surface area contributed by atoms with Gasteiger partial charge in [-0.2, -0.15) is 0 Å². The lowest BCUT2D eigenvalue weighted by Gasteiger charge is -2.15. The van der Waals surface area contributed by atoms with Gasteiger partial charge in [-0.25, -0.2) is 13.4 Å². The number of hydrogen-bond donors (Lipinski definition) is 1. The maximum absolute atomic E-state index is 13.0. The normalized spacial score (nSPS) is 16.7. The highest BCUT2D eigenvalue weighted by molar-refractivity contribution is 7.90. The van der Waals surface area contributed by atoms with Gasteiger partial charge in [0.25, 0.3) is 5.91 Å². The number of imidazole rings is 1. The van der Waals surface area contributed by atoms with Crippen molar-refractivity contribution < 1.29 is 22.7 Å². The molecule has 9 heteroatoms. The zero-order valence-electron chi connectivity index (χ0n) is 16.8. The molecule has 1 N–H and O–H groups in total. The molecule has 1 saturated heterocycles. The number of pyridine rings is 1. The van der Waals surface area contributed by atoms with Crippen molar-refractivity contribution in [3.05, 3.63) is 53.9 Å². The molecule has 30 heavy (non-hydrogen) atoms. The number of nitrogens with zero attached hydrogens (tertiary/aromatic N) is 2. The molecule has 1 atom stereocenters. The van der Waals surface area contributed by atoms with Crippen LogP contribution in [0.2, 0.25) is 0 Å². The zero-order valence-corrected chi connectivity index (χ0v) is 17.6. The van der Waals surface area contributed by atoms with Crippen LogP contribution in [0.1, 0.15) is 28.9 Å². The molecule has 1 fully saturated rings. The lowest BCUT2D eigenvalue weighted by Crippen LogP contribution is -2.18. The van der Waals surface area contributed by atoms with E-state index in [1.54, 1.807) is 30.5 Å². The molecule has 3 aromatic rings.